The molecule has 5 heteroatoms. The highest BCUT2D eigenvalue weighted by Gasteiger charge is 2.19. The standard InChI is InChI=1S/C18H30FN3O/c1-15-8-9-17(19)16(14-15)18(23)22(12-6-10-20(2)3)13-7-11-21(4)5/h8-9,14H,6-7,10-13H2,1-5H3. The molecular formula is C18H30FN3O. The summed E-state index contributed by atoms with van der Waals surface area (Å²) in [6.45, 7) is 5.00. The first-order valence-electron chi connectivity index (χ1n) is 8.16. The van der Waals surface area contributed by atoms with Crippen molar-refractivity contribution in [3.63, 3.8) is 0 Å². The van der Waals surface area contributed by atoms with Crippen molar-refractivity contribution < 1.29 is 9.18 Å². The Labute approximate surface area is 139 Å². The van der Waals surface area contributed by atoms with Crippen LogP contribution in [-0.2, 0) is 0 Å². The number of hydrogen-bond donors (Lipinski definition) is 0. The predicted octanol–water partition coefficient (Wildman–Crippen LogP) is 2.48. The second-order valence-electron chi connectivity index (χ2n) is 6.59. The van der Waals surface area contributed by atoms with Gasteiger partial charge < -0.3 is 14.7 Å². The second kappa shape index (κ2) is 9.63. The number of carbonyl (C=O) groups excluding carboxylic acids is 1. The molecule has 1 aromatic carbocycles. The van der Waals surface area contributed by atoms with Gasteiger partial charge in [-0.25, -0.2) is 4.39 Å². The van der Waals surface area contributed by atoms with Crippen LogP contribution in [0.4, 0.5) is 4.39 Å². The van der Waals surface area contributed by atoms with Gasteiger partial charge in [0.05, 0.1) is 5.56 Å². The first kappa shape index (κ1) is 19.6. The number of halogens is 1. The van der Waals surface area contributed by atoms with Gasteiger partial charge >= 0.3 is 0 Å². The van der Waals surface area contributed by atoms with Crippen LogP contribution in [0.3, 0.4) is 0 Å². The Balaban J connectivity index is 2.79. The topological polar surface area (TPSA) is 26.8 Å². The Bertz CT molecular complexity index is 489. The zero-order valence-electron chi connectivity index (χ0n) is 15.1. The van der Waals surface area contributed by atoms with E-state index in [1.165, 1.54) is 6.07 Å². The summed E-state index contributed by atoms with van der Waals surface area (Å²) in [5, 5.41) is 0. The molecule has 0 atom stereocenters. The van der Waals surface area contributed by atoms with Crippen LogP contribution in [0.25, 0.3) is 0 Å². The van der Waals surface area contributed by atoms with Crippen LogP contribution in [0.2, 0.25) is 0 Å². The molecule has 0 saturated heterocycles. The van der Waals surface area contributed by atoms with Crippen molar-refractivity contribution in [2.75, 3.05) is 54.4 Å². The third kappa shape index (κ3) is 7.10. The fraction of sp³-hybridized carbons (Fsp3) is 0.611. The average molecular weight is 323 g/mol. The summed E-state index contributed by atoms with van der Waals surface area (Å²) in [4.78, 5) is 18.7. The van der Waals surface area contributed by atoms with Crippen molar-refractivity contribution in [3.8, 4) is 0 Å². The van der Waals surface area contributed by atoms with Crippen molar-refractivity contribution in [2.45, 2.75) is 19.8 Å². The van der Waals surface area contributed by atoms with Gasteiger partial charge in [0.15, 0.2) is 0 Å². The SMILES string of the molecule is Cc1ccc(F)c(C(=O)N(CCCN(C)C)CCCN(C)C)c1. The van der Waals surface area contributed by atoms with E-state index >= 15 is 0 Å². The molecule has 4 nitrogen and oxygen atoms in total. The molecule has 130 valence electrons. The number of nitrogens with zero attached hydrogens (tertiary/aromatic N) is 3. The minimum absolute atomic E-state index is 0.180. The molecule has 0 unspecified atom stereocenters. The highest BCUT2D eigenvalue weighted by Crippen LogP contribution is 2.14. The fourth-order valence-corrected chi connectivity index (χ4v) is 2.44. The lowest BCUT2D eigenvalue weighted by Crippen LogP contribution is -2.36. The largest absolute Gasteiger partial charge is 0.338 e. The number of benzene rings is 1. The summed E-state index contributed by atoms with van der Waals surface area (Å²) in [5.41, 5.74) is 1.08. The minimum atomic E-state index is -0.439. The van der Waals surface area contributed by atoms with E-state index in [1.807, 2.05) is 35.1 Å². The Kier molecular flexibility index (Phi) is 8.20. The molecule has 1 aromatic rings. The Morgan fingerprint density at radius 1 is 0.957 bits per heavy atom. The summed E-state index contributed by atoms with van der Waals surface area (Å²) in [5.74, 6) is -0.644. The van der Waals surface area contributed by atoms with Crippen LogP contribution in [0.5, 0.6) is 0 Å². The Hall–Kier alpha value is -1.46. The maximum absolute atomic E-state index is 14.0. The van der Waals surface area contributed by atoms with Crippen LogP contribution >= 0.6 is 0 Å². The first-order valence-corrected chi connectivity index (χ1v) is 8.16. The summed E-state index contributed by atoms with van der Waals surface area (Å²) in [6, 6.07) is 4.71. The Morgan fingerprint density at radius 2 is 1.48 bits per heavy atom. The normalized spacial score (nSPS) is 11.3. The summed E-state index contributed by atoms with van der Waals surface area (Å²) < 4.78 is 14.0. The zero-order chi connectivity index (χ0) is 17.4. The molecule has 1 amide bonds. The van der Waals surface area contributed by atoms with Crippen molar-refractivity contribution in [2.24, 2.45) is 0 Å². The number of hydrogen-bond acceptors (Lipinski definition) is 3. The van der Waals surface area contributed by atoms with Gasteiger partial charge in [-0.15, -0.1) is 0 Å². The van der Waals surface area contributed by atoms with E-state index in [4.69, 9.17) is 0 Å². The smallest absolute Gasteiger partial charge is 0.256 e. The predicted molar refractivity (Wildman–Crippen MR) is 93.4 cm³/mol. The van der Waals surface area contributed by atoms with Gasteiger partial charge in [0.25, 0.3) is 5.91 Å². The fourth-order valence-electron chi connectivity index (χ4n) is 2.44. The summed E-state index contributed by atoms with van der Waals surface area (Å²) in [6.07, 6.45) is 1.77. The number of amides is 1. The van der Waals surface area contributed by atoms with Gasteiger partial charge in [-0.2, -0.15) is 0 Å². The van der Waals surface area contributed by atoms with E-state index in [9.17, 15) is 9.18 Å². The average Bonchev–Trinajstić information content (AvgIpc) is 2.47. The maximum Gasteiger partial charge on any atom is 0.256 e. The second-order valence-corrected chi connectivity index (χ2v) is 6.59. The van der Waals surface area contributed by atoms with Crippen LogP contribution in [0.1, 0.15) is 28.8 Å². The lowest BCUT2D eigenvalue weighted by molar-refractivity contribution is 0.0740. The molecule has 1 rings (SSSR count). The summed E-state index contributed by atoms with van der Waals surface area (Å²) in [7, 11) is 8.05. The molecule has 0 saturated carbocycles. The van der Waals surface area contributed by atoms with Crippen molar-refractivity contribution in [3.05, 3.63) is 35.1 Å². The monoisotopic (exact) mass is 323 g/mol. The Morgan fingerprint density at radius 3 is 1.96 bits per heavy atom. The molecule has 0 spiro atoms. The van der Waals surface area contributed by atoms with Gasteiger partial charge in [0.2, 0.25) is 0 Å². The highest BCUT2D eigenvalue weighted by molar-refractivity contribution is 5.94. The van der Waals surface area contributed by atoms with Crippen LogP contribution in [0, 0.1) is 12.7 Å². The number of rotatable bonds is 9. The molecule has 0 radical (unpaired) electrons. The molecule has 0 aliphatic heterocycles. The molecule has 0 N–H and O–H groups in total. The third-order valence-corrected chi connectivity index (χ3v) is 3.71. The molecule has 0 fully saturated rings. The lowest BCUT2D eigenvalue weighted by Gasteiger charge is -2.25. The maximum atomic E-state index is 14.0. The summed E-state index contributed by atoms with van der Waals surface area (Å²) >= 11 is 0. The molecule has 0 bridgehead atoms. The first-order chi connectivity index (χ1) is 10.8. The van der Waals surface area contributed by atoms with Gasteiger partial charge in [-0.1, -0.05) is 11.6 Å². The number of aryl methyl sites for hydroxylation is 1. The van der Waals surface area contributed by atoms with Gasteiger partial charge in [0, 0.05) is 13.1 Å². The zero-order valence-corrected chi connectivity index (χ0v) is 15.1. The van der Waals surface area contributed by atoms with Gasteiger partial charge in [-0.3, -0.25) is 4.79 Å². The van der Waals surface area contributed by atoms with Crippen LogP contribution < -0.4 is 0 Å². The van der Waals surface area contributed by atoms with E-state index in [2.05, 4.69) is 9.80 Å². The third-order valence-electron chi connectivity index (χ3n) is 3.71. The van der Waals surface area contributed by atoms with Crippen LogP contribution in [-0.4, -0.2) is 75.0 Å². The van der Waals surface area contributed by atoms with E-state index in [0.717, 1.165) is 31.5 Å². The lowest BCUT2D eigenvalue weighted by atomic mass is 10.1. The highest BCUT2D eigenvalue weighted by atomic mass is 19.1. The van der Waals surface area contributed by atoms with Crippen molar-refractivity contribution >= 4 is 5.91 Å². The molecule has 23 heavy (non-hydrogen) atoms. The molecule has 0 aromatic heterocycles. The van der Waals surface area contributed by atoms with E-state index < -0.39 is 5.82 Å². The quantitative estimate of drug-likeness (QED) is 0.698. The van der Waals surface area contributed by atoms with Gasteiger partial charge in [-0.05, 0) is 73.2 Å². The number of carbonyl (C=O) groups is 1. The van der Waals surface area contributed by atoms with E-state index in [1.54, 1.807) is 17.0 Å². The van der Waals surface area contributed by atoms with Crippen LogP contribution in [0.15, 0.2) is 18.2 Å². The van der Waals surface area contributed by atoms with Crippen molar-refractivity contribution in [1.29, 1.82) is 0 Å². The molecular weight excluding hydrogens is 293 g/mol. The molecule has 0 aliphatic rings. The van der Waals surface area contributed by atoms with E-state index in [-0.39, 0.29) is 11.5 Å². The molecule has 0 aliphatic carbocycles. The van der Waals surface area contributed by atoms with Crippen molar-refractivity contribution in [1.82, 2.24) is 14.7 Å². The van der Waals surface area contributed by atoms with E-state index in [0.29, 0.717) is 13.1 Å². The minimum Gasteiger partial charge on any atom is -0.338 e. The molecule has 0 heterocycles. The van der Waals surface area contributed by atoms with Gasteiger partial charge in [0.1, 0.15) is 5.82 Å².